The van der Waals surface area contributed by atoms with Gasteiger partial charge in [0.2, 0.25) is 0 Å². The van der Waals surface area contributed by atoms with Gasteiger partial charge in [-0.3, -0.25) is 0 Å². The average Bonchev–Trinajstić information content (AvgIpc) is 2.54. The van der Waals surface area contributed by atoms with Crippen molar-refractivity contribution < 1.29 is 18.9 Å². The Kier molecular flexibility index (Phi) is 11.0. The Balaban J connectivity index is 0.000000220. The van der Waals surface area contributed by atoms with Crippen LogP contribution < -0.4 is 11.5 Å². The van der Waals surface area contributed by atoms with E-state index in [-0.39, 0.29) is 0 Å². The van der Waals surface area contributed by atoms with Crippen molar-refractivity contribution in [1.29, 1.82) is 0 Å². The predicted molar refractivity (Wildman–Crippen MR) is 86.4 cm³/mol. The van der Waals surface area contributed by atoms with Gasteiger partial charge in [-0.05, 0) is 51.4 Å². The smallest absolute Gasteiger partial charge is 0.146 e. The molecule has 2 rings (SSSR count). The van der Waals surface area contributed by atoms with E-state index in [1.54, 1.807) is 14.2 Å². The molecule has 2 aliphatic rings. The van der Waals surface area contributed by atoms with E-state index in [1.807, 2.05) is 0 Å². The summed E-state index contributed by atoms with van der Waals surface area (Å²) in [6.07, 6.45) is 9.49. The van der Waals surface area contributed by atoms with Gasteiger partial charge in [0.1, 0.15) is 13.6 Å². The number of methoxy groups -OCH3 is 2. The third-order valence-electron chi connectivity index (χ3n) is 4.28. The third kappa shape index (κ3) is 9.02. The lowest BCUT2D eigenvalue weighted by molar-refractivity contribution is -0.0832. The largest absolute Gasteiger partial charge is 0.359 e. The molecular weight excluding hydrogens is 284 g/mol. The zero-order valence-corrected chi connectivity index (χ0v) is 14.2. The van der Waals surface area contributed by atoms with Gasteiger partial charge >= 0.3 is 0 Å². The van der Waals surface area contributed by atoms with E-state index in [1.165, 1.54) is 0 Å². The van der Waals surface area contributed by atoms with Crippen LogP contribution in [0.4, 0.5) is 0 Å². The Morgan fingerprint density at radius 3 is 1.23 bits per heavy atom. The quantitative estimate of drug-likeness (QED) is 0.725. The normalized spacial score (nSPS) is 32.2. The molecule has 0 aliphatic heterocycles. The van der Waals surface area contributed by atoms with Crippen LogP contribution in [0.5, 0.6) is 0 Å². The molecule has 0 saturated heterocycles. The molecule has 0 bridgehead atoms. The van der Waals surface area contributed by atoms with Crippen LogP contribution in [0.15, 0.2) is 0 Å². The zero-order valence-electron chi connectivity index (χ0n) is 14.2. The first-order valence-electron chi connectivity index (χ1n) is 8.38. The van der Waals surface area contributed by atoms with Gasteiger partial charge < -0.3 is 30.4 Å². The number of rotatable bonds is 6. The van der Waals surface area contributed by atoms with Gasteiger partial charge in [0, 0.05) is 26.3 Å². The first-order valence-corrected chi connectivity index (χ1v) is 8.38. The molecule has 0 amide bonds. The van der Waals surface area contributed by atoms with Crippen molar-refractivity contribution in [2.75, 3.05) is 27.8 Å². The molecule has 22 heavy (non-hydrogen) atoms. The van der Waals surface area contributed by atoms with Crippen molar-refractivity contribution in [3.05, 3.63) is 0 Å². The molecule has 6 heteroatoms. The lowest BCUT2D eigenvalue weighted by Gasteiger charge is -2.25. The molecular formula is C16H34N2O4. The van der Waals surface area contributed by atoms with Crippen LogP contribution in [0.2, 0.25) is 0 Å². The molecule has 6 nitrogen and oxygen atoms in total. The van der Waals surface area contributed by atoms with Crippen LogP contribution in [-0.2, 0) is 18.9 Å². The number of nitrogens with two attached hydrogens (primary N) is 2. The lowest BCUT2D eigenvalue weighted by atomic mass is 9.94. The standard InChI is InChI=1S/2C8H17NO2/c2*1-10-6-11-8-4-2-7(9)3-5-8/h2*7-8H,2-6,9H2,1H3. The molecule has 0 aromatic rings. The number of hydrogen-bond acceptors (Lipinski definition) is 6. The van der Waals surface area contributed by atoms with Gasteiger partial charge in [0.15, 0.2) is 0 Å². The van der Waals surface area contributed by atoms with E-state index in [4.69, 9.17) is 30.4 Å². The zero-order chi connectivity index (χ0) is 16.2. The SMILES string of the molecule is COCOC1CCC(N)CC1.COCOC1CCC(N)CC1. The summed E-state index contributed by atoms with van der Waals surface area (Å²) in [5.41, 5.74) is 11.5. The fraction of sp³-hybridized carbons (Fsp3) is 1.00. The summed E-state index contributed by atoms with van der Waals surface area (Å²) in [6, 6.07) is 0.801. The second-order valence-corrected chi connectivity index (χ2v) is 6.22. The molecule has 0 spiro atoms. The van der Waals surface area contributed by atoms with E-state index < -0.39 is 0 Å². The van der Waals surface area contributed by atoms with E-state index in [2.05, 4.69) is 0 Å². The summed E-state index contributed by atoms with van der Waals surface area (Å²) in [7, 11) is 3.29. The summed E-state index contributed by atoms with van der Waals surface area (Å²) in [4.78, 5) is 0. The third-order valence-corrected chi connectivity index (χ3v) is 4.28. The number of ether oxygens (including phenoxy) is 4. The van der Waals surface area contributed by atoms with Crippen molar-refractivity contribution in [1.82, 2.24) is 0 Å². The van der Waals surface area contributed by atoms with Crippen molar-refractivity contribution >= 4 is 0 Å². The van der Waals surface area contributed by atoms with E-state index >= 15 is 0 Å². The highest BCUT2D eigenvalue weighted by Gasteiger charge is 2.19. The highest BCUT2D eigenvalue weighted by atomic mass is 16.7. The van der Waals surface area contributed by atoms with E-state index in [0.29, 0.717) is 37.9 Å². The first kappa shape index (κ1) is 19.8. The van der Waals surface area contributed by atoms with Gasteiger partial charge in [0.25, 0.3) is 0 Å². The molecule has 4 N–H and O–H groups in total. The lowest BCUT2D eigenvalue weighted by Crippen LogP contribution is -2.30. The molecule has 0 unspecified atom stereocenters. The van der Waals surface area contributed by atoms with Gasteiger partial charge in [0.05, 0.1) is 12.2 Å². The van der Waals surface area contributed by atoms with Crippen molar-refractivity contribution in [3.8, 4) is 0 Å². The summed E-state index contributed by atoms with van der Waals surface area (Å²) >= 11 is 0. The fourth-order valence-electron chi connectivity index (χ4n) is 2.84. The average molecular weight is 318 g/mol. The van der Waals surface area contributed by atoms with Gasteiger partial charge in [-0.1, -0.05) is 0 Å². The molecule has 132 valence electrons. The fourth-order valence-corrected chi connectivity index (χ4v) is 2.84. The second kappa shape index (κ2) is 12.2. The Bertz CT molecular complexity index is 221. The number of hydrogen-bond donors (Lipinski definition) is 2. The summed E-state index contributed by atoms with van der Waals surface area (Å²) in [5.74, 6) is 0. The molecule has 2 aliphatic carbocycles. The maximum Gasteiger partial charge on any atom is 0.146 e. The first-order chi connectivity index (χ1) is 10.7. The Morgan fingerprint density at radius 1 is 0.636 bits per heavy atom. The van der Waals surface area contributed by atoms with Crippen molar-refractivity contribution in [2.24, 2.45) is 11.5 Å². The van der Waals surface area contributed by atoms with E-state index in [9.17, 15) is 0 Å². The minimum absolute atomic E-state index is 0.384. The maximum atomic E-state index is 5.74. The molecule has 0 heterocycles. The van der Waals surface area contributed by atoms with E-state index in [0.717, 1.165) is 51.4 Å². The second-order valence-electron chi connectivity index (χ2n) is 6.22. The summed E-state index contributed by atoms with van der Waals surface area (Å²) < 4.78 is 20.4. The predicted octanol–water partition coefficient (Wildman–Crippen LogP) is 1.75. The summed E-state index contributed by atoms with van der Waals surface area (Å²) in [5, 5.41) is 0. The maximum absolute atomic E-state index is 5.74. The van der Waals surface area contributed by atoms with Crippen LogP contribution in [0.3, 0.4) is 0 Å². The molecule has 0 atom stereocenters. The van der Waals surface area contributed by atoms with Crippen molar-refractivity contribution in [3.63, 3.8) is 0 Å². The minimum atomic E-state index is 0.384. The monoisotopic (exact) mass is 318 g/mol. The van der Waals surface area contributed by atoms with Crippen LogP contribution >= 0.6 is 0 Å². The van der Waals surface area contributed by atoms with Gasteiger partial charge in [-0.15, -0.1) is 0 Å². The molecule has 2 saturated carbocycles. The highest BCUT2D eigenvalue weighted by molar-refractivity contribution is 4.74. The molecule has 0 aromatic heterocycles. The van der Waals surface area contributed by atoms with Crippen LogP contribution in [0.25, 0.3) is 0 Å². The Morgan fingerprint density at radius 2 is 0.955 bits per heavy atom. The van der Waals surface area contributed by atoms with Gasteiger partial charge in [-0.2, -0.15) is 0 Å². The Hall–Kier alpha value is -0.240. The molecule has 0 radical (unpaired) electrons. The topological polar surface area (TPSA) is 89.0 Å². The van der Waals surface area contributed by atoms with Gasteiger partial charge in [-0.25, -0.2) is 0 Å². The molecule has 0 aromatic carbocycles. The highest BCUT2D eigenvalue weighted by Crippen LogP contribution is 2.20. The van der Waals surface area contributed by atoms with Crippen molar-refractivity contribution in [2.45, 2.75) is 75.7 Å². The minimum Gasteiger partial charge on any atom is -0.359 e. The van der Waals surface area contributed by atoms with Crippen LogP contribution in [0, 0.1) is 0 Å². The van der Waals surface area contributed by atoms with Crippen LogP contribution in [0.1, 0.15) is 51.4 Å². The Labute approximate surface area is 134 Å². The molecule has 2 fully saturated rings. The summed E-state index contributed by atoms with van der Waals surface area (Å²) in [6.45, 7) is 0.833. The van der Waals surface area contributed by atoms with Crippen LogP contribution in [-0.4, -0.2) is 52.1 Å².